The van der Waals surface area contributed by atoms with Crippen LogP contribution in [0.4, 0.5) is 0 Å². The Hall–Kier alpha value is -0.600. The Morgan fingerprint density at radius 2 is 1.95 bits per heavy atom. The van der Waals surface area contributed by atoms with Gasteiger partial charge in [0, 0.05) is 5.41 Å². The van der Waals surface area contributed by atoms with E-state index >= 15 is 0 Å². The molecule has 0 bridgehead atoms. The number of rotatable bonds is 1. The molecule has 0 aromatic carbocycles. The first-order valence-corrected chi connectivity index (χ1v) is 8.48. The van der Waals surface area contributed by atoms with E-state index in [9.17, 15) is 10.2 Å². The maximum absolute atomic E-state index is 10.9. The Morgan fingerprint density at radius 3 is 2.62 bits per heavy atom. The van der Waals surface area contributed by atoms with Crippen LogP contribution in [0.25, 0.3) is 0 Å². The van der Waals surface area contributed by atoms with E-state index in [1.165, 1.54) is 12.0 Å². The van der Waals surface area contributed by atoms with E-state index in [1.54, 1.807) is 0 Å². The molecule has 21 heavy (non-hydrogen) atoms. The van der Waals surface area contributed by atoms with Gasteiger partial charge in [0.05, 0.1) is 11.7 Å². The van der Waals surface area contributed by atoms with Crippen molar-refractivity contribution in [3.8, 4) is 0 Å². The molecular formula is C19H30O2. The Labute approximate surface area is 128 Å². The highest BCUT2D eigenvalue weighted by molar-refractivity contribution is 5.29. The van der Waals surface area contributed by atoms with E-state index in [0.29, 0.717) is 11.8 Å². The van der Waals surface area contributed by atoms with Crippen LogP contribution in [0, 0.1) is 22.7 Å². The molecule has 0 spiro atoms. The van der Waals surface area contributed by atoms with Gasteiger partial charge in [-0.2, -0.15) is 0 Å². The number of aliphatic hydroxyl groups is 2. The molecule has 0 aromatic heterocycles. The molecule has 2 fully saturated rings. The third kappa shape index (κ3) is 2.06. The third-order valence-corrected chi connectivity index (χ3v) is 7.11. The average molecular weight is 290 g/mol. The predicted molar refractivity (Wildman–Crippen MR) is 85.8 cm³/mol. The van der Waals surface area contributed by atoms with E-state index < -0.39 is 11.7 Å². The molecular weight excluding hydrogens is 260 g/mol. The summed E-state index contributed by atoms with van der Waals surface area (Å²) in [5.41, 5.74) is 0.608. The van der Waals surface area contributed by atoms with Gasteiger partial charge in [-0.05, 0) is 61.9 Å². The van der Waals surface area contributed by atoms with Crippen LogP contribution in [-0.2, 0) is 0 Å². The Kier molecular flexibility index (Phi) is 3.42. The minimum Gasteiger partial charge on any atom is -0.390 e. The van der Waals surface area contributed by atoms with Crippen molar-refractivity contribution in [2.45, 2.75) is 71.0 Å². The summed E-state index contributed by atoms with van der Waals surface area (Å²) in [5, 5.41) is 21.7. The maximum Gasteiger partial charge on any atom is 0.0840 e. The number of hydrogen-bond donors (Lipinski definition) is 2. The van der Waals surface area contributed by atoms with E-state index in [-0.39, 0.29) is 10.8 Å². The molecule has 2 saturated carbocycles. The van der Waals surface area contributed by atoms with E-state index in [2.05, 4.69) is 26.5 Å². The zero-order chi connectivity index (χ0) is 15.5. The molecule has 118 valence electrons. The summed E-state index contributed by atoms with van der Waals surface area (Å²) in [7, 11) is 0. The zero-order valence-electron chi connectivity index (χ0n) is 13.7. The number of hydrogen-bond acceptors (Lipinski definition) is 2. The first-order chi connectivity index (χ1) is 9.74. The van der Waals surface area contributed by atoms with Crippen LogP contribution in [0.3, 0.4) is 0 Å². The predicted octanol–water partition coefficient (Wildman–Crippen LogP) is 3.84. The van der Waals surface area contributed by atoms with Crippen molar-refractivity contribution in [2.75, 3.05) is 0 Å². The molecule has 6 atom stereocenters. The molecule has 2 N–H and O–H groups in total. The molecule has 3 rings (SSSR count). The minimum absolute atomic E-state index is 0.134. The lowest BCUT2D eigenvalue weighted by molar-refractivity contribution is -0.127. The van der Waals surface area contributed by atoms with Crippen LogP contribution in [0.15, 0.2) is 24.3 Å². The van der Waals surface area contributed by atoms with Crippen molar-refractivity contribution in [2.24, 2.45) is 22.7 Å². The number of aliphatic hydroxyl groups excluding tert-OH is 1. The summed E-state index contributed by atoms with van der Waals surface area (Å²) in [4.78, 5) is 0. The van der Waals surface area contributed by atoms with Crippen LogP contribution < -0.4 is 0 Å². The molecule has 2 nitrogen and oxygen atoms in total. The van der Waals surface area contributed by atoms with Gasteiger partial charge in [-0.1, -0.05) is 32.4 Å². The highest BCUT2D eigenvalue weighted by Gasteiger charge is 2.56. The average Bonchev–Trinajstić information content (AvgIpc) is 2.42. The fraction of sp³-hybridized carbons (Fsp3) is 0.789. The summed E-state index contributed by atoms with van der Waals surface area (Å²) in [6.45, 7) is 10.4. The largest absolute Gasteiger partial charge is 0.390 e. The first kappa shape index (κ1) is 15.3. The van der Waals surface area contributed by atoms with Gasteiger partial charge in [0.15, 0.2) is 0 Å². The SMILES string of the molecule is C=C[C@@]1(C)CC[C@H]2C(=CC[C@@H]3[C@]2(C)CCC[C@@]3(C)O)[C@H]1O. The van der Waals surface area contributed by atoms with E-state index in [1.807, 2.05) is 13.0 Å². The second kappa shape index (κ2) is 4.70. The quantitative estimate of drug-likeness (QED) is 0.720. The van der Waals surface area contributed by atoms with Gasteiger partial charge in [0.1, 0.15) is 0 Å². The Morgan fingerprint density at radius 1 is 1.24 bits per heavy atom. The van der Waals surface area contributed by atoms with Gasteiger partial charge < -0.3 is 10.2 Å². The molecule has 0 heterocycles. The summed E-state index contributed by atoms with van der Waals surface area (Å²) >= 11 is 0. The first-order valence-electron chi connectivity index (χ1n) is 8.48. The molecule has 0 aromatic rings. The Bertz CT molecular complexity index is 478. The molecule has 0 radical (unpaired) electrons. The maximum atomic E-state index is 10.9. The van der Waals surface area contributed by atoms with Gasteiger partial charge in [0.25, 0.3) is 0 Å². The third-order valence-electron chi connectivity index (χ3n) is 7.11. The molecule has 2 heteroatoms. The lowest BCUT2D eigenvalue weighted by Crippen LogP contribution is -2.56. The van der Waals surface area contributed by atoms with E-state index in [4.69, 9.17) is 0 Å². The highest BCUT2D eigenvalue weighted by atomic mass is 16.3. The standard InChI is InChI=1S/C19H30O2/c1-5-17(2)12-9-14-13(16(17)20)7-8-15-18(14,3)10-6-11-19(15,4)21/h5,7,14-16,20-21H,1,6,8-12H2,2-4H3/t14-,15+,16+,17-,18+,19+/m0/s1. The highest BCUT2D eigenvalue weighted by Crippen LogP contribution is 2.61. The van der Waals surface area contributed by atoms with Gasteiger partial charge in [-0.3, -0.25) is 0 Å². The summed E-state index contributed by atoms with van der Waals surface area (Å²) in [5.74, 6) is 0.749. The lowest BCUT2D eigenvalue weighted by atomic mass is 9.47. The second-order valence-electron chi connectivity index (χ2n) is 8.41. The lowest BCUT2D eigenvalue weighted by Gasteiger charge is -2.59. The second-order valence-corrected chi connectivity index (χ2v) is 8.41. The summed E-state index contributed by atoms with van der Waals surface area (Å²) in [6.07, 6.45) is 9.95. The van der Waals surface area contributed by atoms with Gasteiger partial charge >= 0.3 is 0 Å². The van der Waals surface area contributed by atoms with Crippen molar-refractivity contribution < 1.29 is 10.2 Å². The van der Waals surface area contributed by atoms with Crippen LogP contribution >= 0.6 is 0 Å². The van der Waals surface area contributed by atoms with E-state index in [0.717, 1.165) is 32.1 Å². The zero-order valence-corrected chi connectivity index (χ0v) is 13.7. The minimum atomic E-state index is -0.556. The normalized spacial score (nSPS) is 53.4. The van der Waals surface area contributed by atoms with Crippen LogP contribution in [0.2, 0.25) is 0 Å². The Balaban J connectivity index is 2.00. The van der Waals surface area contributed by atoms with Gasteiger partial charge in [-0.25, -0.2) is 0 Å². The molecule has 3 aliphatic carbocycles. The molecule has 3 aliphatic rings. The van der Waals surface area contributed by atoms with Crippen molar-refractivity contribution in [3.05, 3.63) is 24.3 Å². The molecule has 0 unspecified atom stereocenters. The molecule has 0 saturated heterocycles. The summed E-state index contributed by atoms with van der Waals surface area (Å²) < 4.78 is 0. The monoisotopic (exact) mass is 290 g/mol. The van der Waals surface area contributed by atoms with Crippen molar-refractivity contribution >= 4 is 0 Å². The fourth-order valence-electron chi connectivity index (χ4n) is 5.59. The summed E-state index contributed by atoms with van der Waals surface area (Å²) in [6, 6.07) is 0. The topological polar surface area (TPSA) is 40.5 Å². The van der Waals surface area contributed by atoms with Gasteiger partial charge in [-0.15, -0.1) is 6.58 Å². The van der Waals surface area contributed by atoms with Crippen LogP contribution in [0.1, 0.15) is 59.3 Å². The van der Waals surface area contributed by atoms with Crippen LogP contribution in [-0.4, -0.2) is 21.9 Å². The van der Waals surface area contributed by atoms with Crippen molar-refractivity contribution in [1.82, 2.24) is 0 Å². The van der Waals surface area contributed by atoms with Crippen LogP contribution in [0.5, 0.6) is 0 Å². The van der Waals surface area contributed by atoms with Crippen molar-refractivity contribution in [1.29, 1.82) is 0 Å². The molecule has 0 aliphatic heterocycles. The van der Waals surface area contributed by atoms with Crippen molar-refractivity contribution in [3.63, 3.8) is 0 Å². The number of allylic oxidation sites excluding steroid dienone is 1. The number of fused-ring (bicyclic) bond motifs is 3. The molecule has 0 amide bonds. The fourth-order valence-corrected chi connectivity index (χ4v) is 5.59. The van der Waals surface area contributed by atoms with Gasteiger partial charge in [0.2, 0.25) is 0 Å². The smallest absolute Gasteiger partial charge is 0.0840 e.